The van der Waals surface area contributed by atoms with Crippen LogP contribution in [-0.4, -0.2) is 35.7 Å². The molecule has 2 aromatic heterocycles. The highest BCUT2D eigenvalue weighted by molar-refractivity contribution is 7.09. The fourth-order valence-corrected chi connectivity index (χ4v) is 2.94. The van der Waals surface area contributed by atoms with Crippen LogP contribution in [0.3, 0.4) is 0 Å². The Kier molecular flexibility index (Phi) is 4.38. The predicted molar refractivity (Wildman–Crippen MR) is 88.2 cm³/mol. The largest absolute Gasteiger partial charge is 0.493 e. The van der Waals surface area contributed by atoms with E-state index in [0.29, 0.717) is 17.2 Å². The van der Waals surface area contributed by atoms with Crippen LogP contribution in [-0.2, 0) is 0 Å². The zero-order valence-corrected chi connectivity index (χ0v) is 13.8. The number of hydrogen-bond acceptors (Lipinski definition) is 7. The van der Waals surface area contributed by atoms with Crippen molar-refractivity contribution in [2.45, 2.75) is 0 Å². The molecular formula is C16H15N3O3S. The number of benzene rings is 1. The molecule has 0 saturated carbocycles. The third kappa shape index (κ3) is 2.95. The van der Waals surface area contributed by atoms with Crippen molar-refractivity contribution in [3.05, 3.63) is 36.9 Å². The molecule has 23 heavy (non-hydrogen) atoms. The molecule has 0 N–H and O–H groups in total. The van der Waals surface area contributed by atoms with Crippen LogP contribution in [0, 0.1) is 0 Å². The van der Waals surface area contributed by atoms with E-state index in [0.717, 1.165) is 21.7 Å². The average Bonchev–Trinajstić information content (AvgIpc) is 3.11. The molecule has 118 valence electrons. The van der Waals surface area contributed by atoms with E-state index in [1.54, 1.807) is 33.7 Å². The molecule has 0 atom stereocenters. The third-order valence-corrected chi connectivity index (χ3v) is 4.15. The number of hydrogen-bond donors (Lipinski definition) is 0. The first kappa shape index (κ1) is 15.2. The molecule has 0 fully saturated rings. The Balaban J connectivity index is 2.04. The van der Waals surface area contributed by atoms with Crippen LogP contribution in [0.25, 0.3) is 21.7 Å². The van der Waals surface area contributed by atoms with Gasteiger partial charge in [-0.05, 0) is 29.7 Å². The van der Waals surface area contributed by atoms with Crippen molar-refractivity contribution in [2.75, 3.05) is 21.3 Å². The molecule has 0 bridgehead atoms. The SMILES string of the molecule is COc1cc(-c2cc(-c3cncnc3)ns2)cc(OC)c1OC. The Morgan fingerprint density at radius 2 is 1.48 bits per heavy atom. The minimum Gasteiger partial charge on any atom is -0.493 e. The molecule has 0 spiro atoms. The van der Waals surface area contributed by atoms with Crippen molar-refractivity contribution >= 4 is 11.5 Å². The van der Waals surface area contributed by atoms with Crippen LogP contribution in [0.4, 0.5) is 0 Å². The number of methoxy groups -OCH3 is 3. The lowest BCUT2D eigenvalue weighted by Crippen LogP contribution is -1.95. The predicted octanol–water partition coefficient (Wildman–Crippen LogP) is 3.29. The molecule has 0 saturated heterocycles. The molecule has 0 aliphatic heterocycles. The number of ether oxygens (including phenoxy) is 3. The van der Waals surface area contributed by atoms with Gasteiger partial charge in [0.25, 0.3) is 0 Å². The van der Waals surface area contributed by atoms with Crippen LogP contribution in [0.2, 0.25) is 0 Å². The first-order chi connectivity index (χ1) is 11.3. The maximum atomic E-state index is 5.39. The van der Waals surface area contributed by atoms with E-state index in [-0.39, 0.29) is 0 Å². The van der Waals surface area contributed by atoms with E-state index < -0.39 is 0 Å². The highest BCUT2D eigenvalue weighted by atomic mass is 32.1. The van der Waals surface area contributed by atoms with E-state index in [2.05, 4.69) is 14.3 Å². The van der Waals surface area contributed by atoms with Gasteiger partial charge in [-0.1, -0.05) is 0 Å². The quantitative estimate of drug-likeness (QED) is 0.715. The number of nitrogens with zero attached hydrogens (tertiary/aromatic N) is 3. The van der Waals surface area contributed by atoms with Gasteiger partial charge in [-0.3, -0.25) is 0 Å². The summed E-state index contributed by atoms with van der Waals surface area (Å²) in [5, 5.41) is 0. The fraction of sp³-hybridized carbons (Fsp3) is 0.188. The summed E-state index contributed by atoms with van der Waals surface area (Å²) < 4.78 is 20.6. The van der Waals surface area contributed by atoms with Crippen LogP contribution in [0.5, 0.6) is 17.2 Å². The van der Waals surface area contributed by atoms with E-state index in [9.17, 15) is 0 Å². The van der Waals surface area contributed by atoms with Gasteiger partial charge in [-0.25, -0.2) is 9.97 Å². The summed E-state index contributed by atoms with van der Waals surface area (Å²) in [6.07, 6.45) is 4.97. The molecule has 3 rings (SSSR count). The molecule has 1 aromatic carbocycles. The molecule has 2 heterocycles. The van der Waals surface area contributed by atoms with Crippen LogP contribution >= 0.6 is 11.5 Å². The van der Waals surface area contributed by atoms with Crippen LogP contribution in [0.1, 0.15) is 0 Å². The molecular weight excluding hydrogens is 314 g/mol. The highest BCUT2D eigenvalue weighted by Crippen LogP contribution is 2.42. The van der Waals surface area contributed by atoms with E-state index >= 15 is 0 Å². The lowest BCUT2D eigenvalue weighted by Gasteiger charge is -2.13. The van der Waals surface area contributed by atoms with Crippen molar-refractivity contribution in [3.63, 3.8) is 0 Å². The highest BCUT2D eigenvalue weighted by Gasteiger charge is 2.16. The molecule has 0 aliphatic rings. The molecule has 0 radical (unpaired) electrons. The van der Waals surface area contributed by atoms with Crippen LogP contribution < -0.4 is 14.2 Å². The van der Waals surface area contributed by atoms with Gasteiger partial charge in [-0.15, -0.1) is 0 Å². The summed E-state index contributed by atoms with van der Waals surface area (Å²) in [4.78, 5) is 9.02. The summed E-state index contributed by atoms with van der Waals surface area (Å²) in [6.45, 7) is 0. The van der Waals surface area contributed by atoms with Crippen LogP contribution in [0.15, 0.2) is 36.9 Å². The molecule has 0 amide bonds. The first-order valence-electron chi connectivity index (χ1n) is 6.79. The van der Waals surface area contributed by atoms with Gasteiger partial charge in [0.2, 0.25) is 5.75 Å². The zero-order chi connectivity index (χ0) is 16.2. The van der Waals surface area contributed by atoms with Gasteiger partial charge >= 0.3 is 0 Å². The molecule has 3 aromatic rings. The van der Waals surface area contributed by atoms with Gasteiger partial charge in [0.15, 0.2) is 11.5 Å². The monoisotopic (exact) mass is 329 g/mol. The Morgan fingerprint density at radius 1 is 0.826 bits per heavy atom. The summed E-state index contributed by atoms with van der Waals surface area (Å²) in [5.74, 6) is 1.79. The van der Waals surface area contributed by atoms with Crippen molar-refractivity contribution in [1.82, 2.24) is 14.3 Å². The van der Waals surface area contributed by atoms with Crippen molar-refractivity contribution in [3.8, 4) is 38.9 Å². The minimum atomic E-state index is 0.569. The van der Waals surface area contributed by atoms with Gasteiger partial charge in [0.05, 0.1) is 31.9 Å². The summed E-state index contributed by atoms with van der Waals surface area (Å²) >= 11 is 1.39. The second kappa shape index (κ2) is 6.62. The van der Waals surface area contributed by atoms with Gasteiger partial charge in [0.1, 0.15) is 6.33 Å². The lowest BCUT2D eigenvalue weighted by molar-refractivity contribution is 0.324. The molecule has 6 nitrogen and oxygen atoms in total. The Bertz CT molecular complexity index is 780. The summed E-state index contributed by atoms with van der Waals surface area (Å²) in [6, 6.07) is 5.80. The lowest BCUT2D eigenvalue weighted by atomic mass is 10.1. The van der Waals surface area contributed by atoms with Gasteiger partial charge in [-0.2, -0.15) is 4.37 Å². The number of rotatable bonds is 5. The standard InChI is InChI=1S/C16H15N3O3S/c1-20-13-4-10(5-14(21-2)16(13)22-3)15-6-12(19-23-15)11-7-17-9-18-8-11/h4-9H,1-3H3. The van der Waals surface area contributed by atoms with Gasteiger partial charge in [0, 0.05) is 23.5 Å². The van der Waals surface area contributed by atoms with E-state index in [1.807, 2.05) is 18.2 Å². The van der Waals surface area contributed by atoms with E-state index in [1.165, 1.54) is 17.9 Å². The summed E-state index contributed by atoms with van der Waals surface area (Å²) in [7, 11) is 4.78. The zero-order valence-electron chi connectivity index (χ0n) is 12.9. The average molecular weight is 329 g/mol. The van der Waals surface area contributed by atoms with Gasteiger partial charge < -0.3 is 14.2 Å². The third-order valence-electron chi connectivity index (χ3n) is 3.32. The van der Waals surface area contributed by atoms with E-state index in [4.69, 9.17) is 14.2 Å². The smallest absolute Gasteiger partial charge is 0.203 e. The maximum absolute atomic E-state index is 5.39. The normalized spacial score (nSPS) is 10.4. The Hall–Kier alpha value is -2.67. The Morgan fingerprint density at radius 3 is 2.04 bits per heavy atom. The first-order valence-corrected chi connectivity index (χ1v) is 7.56. The Labute approximate surface area is 137 Å². The van der Waals surface area contributed by atoms with Crippen molar-refractivity contribution in [1.29, 1.82) is 0 Å². The topological polar surface area (TPSA) is 66.4 Å². The van der Waals surface area contributed by atoms with Crippen molar-refractivity contribution in [2.24, 2.45) is 0 Å². The number of aromatic nitrogens is 3. The summed E-state index contributed by atoms with van der Waals surface area (Å²) in [5.41, 5.74) is 2.65. The fourth-order valence-electron chi connectivity index (χ4n) is 2.20. The minimum absolute atomic E-state index is 0.569. The van der Waals surface area contributed by atoms with Crippen molar-refractivity contribution < 1.29 is 14.2 Å². The molecule has 0 aliphatic carbocycles. The maximum Gasteiger partial charge on any atom is 0.203 e. The second-order valence-electron chi connectivity index (χ2n) is 4.62. The molecule has 0 unspecified atom stereocenters. The second-order valence-corrected chi connectivity index (χ2v) is 5.42. The molecule has 7 heteroatoms.